The van der Waals surface area contributed by atoms with Gasteiger partial charge in [-0.3, -0.25) is 9.71 Å². The van der Waals surface area contributed by atoms with Gasteiger partial charge in [-0.25, -0.2) is 12.8 Å². The molecule has 1 heterocycles. The number of halogens is 2. The number of hydrogen-bond donors (Lipinski definition) is 2. The highest BCUT2D eigenvalue weighted by Crippen LogP contribution is 2.25. The summed E-state index contributed by atoms with van der Waals surface area (Å²) in [5.74, 6) is -0.761. The first kappa shape index (κ1) is 15.7. The molecule has 0 atom stereocenters. The average molecular weight is 330 g/mol. The molecule has 21 heavy (non-hydrogen) atoms. The number of aromatic nitrogens is 1. The lowest BCUT2D eigenvalue weighted by Crippen LogP contribution is -2.15. The fourth-order valence-corrected chi connectivity index (χ4v) is 3.34. The smallest absolute Gasteiger partial charge is 0.263 e. The molecule has 2 rings (SSSR count). The van der Waals surface area contributed by atoms with E-state index in [9.17, 15) is 12.8 Å². The summed E-state index contributed by atoms with van der Waals surface area (Å²) >= 11 is 5.94. The lowest BCUT2D eigenvalue weighted by molar-refractivity contribution is 0.597. The van der Waals surface area contributed by atoms with Gasteiger partial charge < -0.3 is 5.32 Å². The van der Waals surface area contributed by atoms with Crippen LogP contribution in [-0.2, 0) is 16.6 Å². The third-order valence-corrected chi connectivity index (χ3v) is 4.53. The summed E-state index contributed by atoms with van der Waals surface area (Å²) in [6.07, 6.45) is 2.22. The summed E-state index contributed by atoms with van der Waals surface area (Å²) in [6, 6.07) is 5.88. The maximum absolute atomic E-state index is 13.5. The van der Waals surface area contributed by atoms with Crippen molar-refractivity contribution in [3.8, 4) is 0 Å². The Balaban J connectivity index is 2.40. The molecule has 0 fully saturated rings. The van der Waals surface area contributed by atoms with Crippen LogP contribution >= 0.6 is 11.6 Å². The van der Waals surface area contributed by atoms with Crippen LogP contribution in [0.4, 0.5) is 10.1 Å². The number of nitrogens with zero attached hydrogens (tertiary/aromatic N) is 1. The molecule has 2 aromatic rings. The molecule has 0 aliphatic heterocycles. The molecule has 112 valence electrons. The normalized spacial score (nSPS) is 11.4. The van der Waals surface area contributed by atoms with Crippen LogP contribution < -0.4 is 10.0 Å². The van der Waals surface area contributed by atoms with E-state index in [2.05, 4.69) is 15.0 Å². The molecule has 0 saturated heterocycles. The van der Waals surface area contributed by atoms with E-state index in [4.69, 9.17) is 11.6 Å². The zero-order valence-electron chi connectivity index (χ0n) is 11.1. The Labute approximate surface area is 127 Å². The maximum Gasteiger partial charge on any atom is 0.263 e. The number of hydrogen-bond acceptors (Lipinski definition) is 4. The fraction of sp³-hybridized carbons (Fsp3) is 0.154. The molecule has 8 heteroatoms. The van der Waals surface area contributed by atoms with Crippen LogP contribution in [0.15, 0.2) is 41.6 Å². The largest absolute Gasteiger partial charge is 0.316 e. The molecule has 0 aliphatic rings. The highest BCUT2D eigenvalue weighted by molar-refractivity contribution is 7.92. The minimum atomic E-state index is -3.98. The predicted octanol–water partition coefficient (Wildman–Crippen LogP) is 2.39. The summed E-state index contributed by atoms with van der Waals surface area (Å²) in [5.41, 5.74) is 0.567. The van der Waals surface area contributed by atoms with Gasteiger partial charge in [-0.05, 0) is 30.8 Å². The van der Waals surface area contributed by atoms with Gasteiger partial charge >= 0.3 is 0 Å². The minimum absolute atomic E-state index is 0.0665. The number of nitrogens with one attached hydrogen (secondary N) is 2. The molecular weight excluding hydrogens is 317 g/mol. The molecule has 0 bridgehead atoms. The highest BCUT2D eigenvalue weighted by atomic mass is 35.5. The van der Waals surface area contributed by atoms with Crippen molar-refractivity contribution in [3.63, 3.8) is 0 Å². The van der Waals surface area contributed by atoms with E-state index in [0.717, 1.165) is 11.8 Å². The first-order valence-electron chi connectivity index (χ1n) is 5.99. The second kappa shape index (κ2) is 6.38. The van der Waals surface area contributed by atoms with Crippen molar-refractivity contribution in [2.75, 3.05) is 11.8 Å². The third kappa shape index (κ3) is 3.69. The van der Waals surface area contributed by atoms with Crippen molar-refractivity contribution >= 4 is 27.3 Å². The van der Waals surface area contributed by atoms with Crippen molar-refractivity contribution in [2.24, 2.45) is 0 Å². The van der Waals surface area contributed by atoms with E-state index in [0.29, 0.717) is 6.54 Å². The Hall–Kier alpha value is -1.70. The van der Waals surface area contributed by atoms with Crippen LogP contribution in [0.1, 0.15) is 5.56 Å². The molecule has 0 spiro atoms. The van der Waals surface area contributed by atoms with Crippen molar-refractivity contribution in [2.45, 2.75) is 11.4 Å². The molecule has 2 N–H and O–H groups in total. The number of benzene rings is 1. The van der Waals surface area contributed by atoms with Gasteiger partial charge in [-0.1, -0.05) is 17.7 Å². The summed E-state index contributed by atoms with van der Waals surface area (Å²) in [4.78, 5) is 3.46. The molecule has 0 unspecified atom stereocenters. The fourth-order valence-electron chi connectivity index (χ4n) is 1.73. The Morgan fingerprint density at radius 1 is 1.33 bits per heavy atom. The van der Waals surface area contributed by atoms with Crippen LogP contribution in [-0.4, -0.2) is 20.4 Å². The van der Waals surface area contributed by atoms with Crippen molar-refractivity contribution in [3.05, 3.63) is 53.1 Å². The Morgan fingerprint density at radius 2 is 2.10 bits per heavy atom. The minimum Gasteiger partial charge on any atom is -0.316 e. The van der Waals surface area contributed by atoms with Crippen LogP contribution in [0.25, 0.3) is 0 Å². The van der Waals surface area contributed by atoms with E-state index in [1.165, 1.54) is 24.4 Å². The van der Waals surface area contributed by atoms with Gasteiger partial charge in [0.2, 0.25) is 0 Å². The second-order valence-corrected chi connectivity index (χ2v) is 6.31. The quantitative estimate of drug-likeness (QED) is 0.883. The van der Waals surface area contributed by atoms with Crippen molar-refractivity contribution < 1.29 is 12.8 Å². The van der Waals surface area contributed by atoms with E-state index in [1.807, 2.05) is 0 Å². The molecule has 5 nitrogen and oxygen atoms in total. The van der Waals surface area contributed by atoms with Crippen LogP contribution in [0.2, 0.25) is 5.02 Å². The van der Waals surface area contributed by atoms with Crippen LogP contribution in [0, 0.1) is 5.82 Å². The average Bonchev–Trinajstić information content (AvgIpc) is 2.43. The molecular formula is C13H13ClFN3O2S. The van der Waals surface area contributed by atoms with E-state index in [1.54, 1.807) is 13.1 Å². The Morgan fingerprint density at radius 3 is 2.76 bits per heavy atom. The molecule has 0 saturated carbocycles. The lowest BCUT2D eigenvalue weighted by Gasteiger charge is -2.11. The molecule has 0 radical (unpaired) electrons. The second-order valence-electron chi connectivity index (χ2n) is 4.26. The van der Waals surface area contributed by atoms with E-state index in [-0.39, 0.29) is 15.6 Å². The standard InChI is InChI=1S/C13H13ClFN3O2S/c1-16-7-9-2-3-10(14)13(6-9)21(19,20)18-12-4-5-17-8-11(12)15/h2-6,8,16H,7H2,1H3,(H,17,18). The SMILES string of the molecule is CNCc1ccc(Cl)c(S(=O)(=O)Nc2ccncc2F)c1. The molecule has 1 aromatic carbocycles. The van der Waals surface area contributed by atoms with Crippen LogP contribution in [0.3, 0.4) is 0 Å². The van der Waals surface area contributed by atoms with E-state index < -0.39 is 15.8 Å². The summed E-state index contributed by atoms with van der Waals surface area (Å²) < 4.78 is 40.3. The summed E-state index contributed by atoms with van der Waals surface area (Å²) in [5, 5.41) is 2.98. The predicted molar refractivity (Wildman–Crippen MR) is 79.2 cm³/mol. The molecule has 1 aromatic heterocycles. The van der Waals surface area contributed by atoms with Gasteiger partial charge in [-0.2, -0.15) is 0 Å². The maximum atomic E-state index is 13.5. The zero-order valence-corrected chi connectivity index (χ0v) is 12.7. The van der Waals surface area contributed by atoms with Crippen LogP contribution in [0.5, 0.6) is 0 Å². The number of anilines is 1. The Kier molecular flexibility index (Phi) is 4.76. The topological polar surface area (TPSA) is 71.1 Å². The first-order chi connectivity index (χ1) is 9.94. The highest BCUT2D eigenvalue weighted by Gasteiger charge is 2.20. The van der Waals surface area contributed by atoms with Crippen molar-refractivity contribution in [1.29, 1.82) is 0 Å². The third-order valence-electron chi connectivity index (χ3n) is 2.68. The number of sulfonamides is 1. The monoisotopic (exact) mass is 329 g/mol. The van der Waals surface area contributed by atoms with Gasteiger partial charge in [0.1, 0.15) is 4.90 Å². The van der Waals surface area contributed by atoms with E-state index >= 15 is 0 Å². The van der Waals surface area contributed by atoms with Gasteiger partial charge in [0, 0.05) is 12.7 Å². The summed E-state index contributed by atoms with van der Waals surface area (Å²) in [6.45, 7) is 0.489. The number of pyridine rings is 1. The molecule has 0 amide bonds. The number of rotatable bonds is 5. The van der Waals surface area contributed by atoms with Gasteiger partial charge in [0.15, 0.2) is 5.82 Å². The lowest BCUT2D eigenvalue weighted by atomic mass is 10.2. The van der Waals surface area contributed by atoms with Gasteiger partial charge in [0.05, 0.1) is 16.9 Å². The van der Waals surface area contributed by atoms with Gasteiger partial charge in [0.25, 0.3) is 10.0 Å². The molecule has 0 aliphatic carbocycles. The Bertz CT molecular complexity index is 753. The van der Waals surface area contributed by atoms with Gasteiger partial charge in [-0.15, -0.1) is 0 Å². The zero-order chi connectivity index (χ0) is 15.5. The summed E-state index contributed by atoms with van der Waals surface area (Å²) in [7, 11) is -2.24. The van der Waals surface area contributed by atoms with Crippen molar-refractivity contribution in [1.82, 2.24) is 10.3 Å². The first-order valence-corrected chi connectivity index (χ1v) is 7.85.